The highest BCUT2D eigenvalue weighted by Crippen LogP contribution is 2.12. The Morgan fingerprint density at radius 1 is 1.28 bits per heavy atom. The van der Waals surface area contributed by atoms with Crippen molar-refractivity contribution in [3.8, 4) is 0 Å². The van der Waals surface area contributed by atoms with Crippen molar-refractivity contribution >= 4 is 17.7 Å². The summed E-state index contributed by atoms with van der Waals surface area (Å²) in [5.41, 5.74) is 1.17. The number of carbonyl (C=O) groups excluding carboxylic acids is 1. The van der Waals surface area contributed by atoms with E-state index in [1.54, 1.807) is 11.8 Å². The van der Waals surface area contributed by atoms with Crippen molar-refractivity contribution in [2.45, 2.75) is 39.2 Å². The van der Waals surface area contributed by atoms with Gasteiger partial charge in [-0.3, -0.25) is 4.79 Å². The van der Waals surface area contributed by atoms with E-state index in [2.05, 4.69) is 25.7 Å². The topological polar surface area (TPSA) is 32.3 Å². The maximum absolute atomic E-state index is 11.9. The van der Waals surface area contributed by atoms with E-state index in [-0.39, 0.29) is 0 Å². The van der Waals surface area contributed by atoms with Crippen molar-refractivity contribution < 1.29 is 4.79 Å². The Morgan fingerprint density at radius 2 is 1.94 bits per heavy atom. The first kappa shape index (κ1) is 15.6. The smallest absolute Gasteiger partial charge is 0.232 e. The van der Waals surface area contributed by atoms with Gasteiger partial charge in [0.25, 0.3) is 0 Å². The number of amides is 1. The summed E-state index contributed by atoms with van der Waals surface area (Å²) in [4.78, 5) is 13.9. The first-order valence-corrected chi connectivity index (χ1v) is 8.00. The highest BCUT2D eigenvalue weighted by atomic mass is 32.2. The zero-order valence-electron chi connectivity index (χ0n) is 11.7. The molecule has 4 heteroatoms. The number of rotatable bonds is 7. The van der Waals surface area contributed by atoms with Crippen molar-refractivity contribution in [3.05, 3.63) is 12.2 Å². The van der Waals surface area contributed by atoms with Crippen LogP contribution in [-0.2, 0) is 4.79 Å². The molecule has 1 fully saturated rings. The Bertz CT molecular complexity index is 273. The number of carbonyl (C=O) groups is 1. The molecular formula is C14H26N2OS. The maximum Gasteiger partial charge on any atom is 0.232 e. The summed E-state index contributed by atoms with van der Waals surface area (Å²) >= 11 is 1.68. The lowest BCUT2D eigenvalue weighted by atomic mass is 10.1. The molecule has 1 aliphatic rings. The van der Waals surface area contributed by atoms with E-state index in [0.29, 0.717) is 17.7 Å². The SMILES string of the molecule is C=C(CNC(C)C)CSCC(=O)N1CCCCC1. The second-order valence-electron chi connectivity index (χ2n) is 5.22. The van der Waals surface area contributed by atoms with Crippen molar-refractivity contribution in [3.63, 3.8) is 0 Å². The van der Waals surface area contributed by atoms with Crippen molar-refractivity contribution in [1.29, 1.82) is 0 Å². The van der Waals surface area contributed by atoms with Gasteiger partial charge in [0, 0.05) is 31.4 Å². The molecule has 1 amide bonds. The predicted octanol–water partition coefficient (Wildman–Crippen LogP) is 2.29. The highest BCUT2D eigenvalue weighted by Gasteiger charge is 2.15. The fraction of sp³-hybridized carbons (Fsp3) is 0.786. The molecule has 3 nitrogen and oxygen atoms in total. The molecule has 0 atom stereocenters. The van der Waals surface area contributed by atoms with Gasteiger partial charge in [0.1, 0.15) is 0 Å². The summed E-state index contributed by atoms with van der Waals surface area (Å²) in [6.07, 6.45) is 3.61. The summed E-state index contributed by atoms with van der Waals surface area (Å²) in [6.45, 7) is 11.0. The minimum absolute atomic E-state index is 0.296. The first-order valence-electron chi connectivity index (χ1n) is 6.85. The largest absolute Gasteiger partial charge is 0.342 e. The van der Waals surface area contributed by atoms with Crippen LogP contribution in [0.1, 0.15) is 33.1 Å². The Kier molecular flexibility index (Phi) is 7.44. The monoisotopic (exact) mass is 270 g/mol. The summed E-state index contributed by atoms with van der Waals surface area (Å²) < 4.78 is 0. The number of thioether (sulfide) groups is 1. The van der Waals surface area contributed by atoms with E-state index in [1.807, 2.05) is 4.90 Å². The highest BCUT2D eigenvalue weighted by molar-refractivity contribution is 8.00. The Balaban J connectivity index is 2.09. The third kappa shape index (κ3) is 6.45. The minimum Gasteiger partial charge on any atom is -0.342 e. The molecule has 0 aliphatic carbocycles. The molecule has 1 saturated heterocycles. The second-order valence-corrected chi connectivity index (χ2v) is 6.21. The van der Waals surface area contributed by atoms with Gasteiger partial charge in [0.05, 0.1) is 5.75 Å². The van der Waals surface area contributed by atoms with E-state index in [9.17, 15) is 4.79 Å². The molecule has 0 saturated carbocycles. The average Bonchev–Trinajstić information content (AvgIpc) is 2.37. The lowest BCUT2D eigenvalue weighted by Crippen LogP contribution is -2.36. The number of hydrogen-bond acceptors (Lipinski definition) is 3. The molecule has 18 heavy (non-hydrogen) atoms. The molecule has 104 valence electrons. The Hall–Kier alpha value is -0.480. The molecule has 1 heterocycles. The molecule has 0 unspecified atom stereocenters. The zero-order chi connectivity index (χ0) is 13.4. The van der Waals surface area contributed by atoms with Crippen LogP contribution in [0.2, 0.25) is 0 Å². The number of likely N-dealkylation sites (tertiary alicyclic amines) is 1. The second kappa shape index (κ2) is 8.59. The zero-order valence-corrected chi connectivity index (χ0v) is 12.5. The van der Waals surface area contributed by atoms with Crippen LogP contribution in [0.15, 0.2) is 12.2 Å². The van der Waals surface area contributed by atoms with Crippen LogP contribution >= 0.6 is 11.8 Å². The van der Waals surface area contributed by atoms with Crippen molar-refractivity contribution in [2.24, 2.45) is 0 Å². The van der Waals surface area contributed by atoms with Crippen LogP contribution in [0, 0.1) is 0 Å². The van der Waals surface area contributed by atoms with E-state index >= 15 is 0 Å². The van der Waals surface area contributed by atoms with Gasteiger partial charge in [-0.15, -0.1) is 11.8 Å². The minimum atomic E-state index is 0.296. The first-order chi connectivity index (χ1) is 8.59. The van der Waals surface area contributed by atoms with E-state index in [1.165, 1.54) is 24.8 Å². The van der Waals surface area contributed by atoms with Gasteiger partial charge in [0.15, 0.2) is 0 Å². The number of nitrogens with one attached hydrogen (secondary N) is 1. The van der Waals surface area contributed by atoms with Crippen molar-refractivity contribution in [2.75, 3.05) is 31.1 Å². The van der Waals surface area contributed by atoms with E-state index in [0.717, 1.165) is 25.4 Å². The van der Waals surface area contributed by atoms with Crippen LogP contribution in [-0.4, -0.2) is 48.0 Å². The third-order valence-corrected chi connectivity index (χ3v) is 4.06. The number of nitrogens with zero attached hydrogens (tertiary/aromatic N) is 1. The standard InChI is InChI=1S/C14H26N2OS/c1-12(2)15-9-13(3)10-18-11-14(17)16-7-5-4-6-8-16/h12,15H,3-11H2,1-2H3. The molecule has 0 aromatic rings. The van der Waals surface area contributed by atoms with Crippen LogP contribution in [0.3, 0.4) is 0 Å². The van der Waals surface area contributed by atoms with Gasteiger partial charge in [-0.05, 0) is 19.3 Å². The molecule has 1 aliphatic heterocycles. The molecule has 1 rings (SSSR count). The van der Waals surface area contributed by atoms with E-state index in [4.69, 9.17) is 0 Å². The normalized spacial score (nSPS) is 16.1. The lowest BCUT2D eigenvalue weighted by molar-refractivity contribution is -0.129. The quantitative estimate of drug-likeness (QED) is 0.720. The van der Waals surface area contributed by atoms with Gasteiger partial charge in [-0.1, -0.05) is 26.0 Å². The van der Waals surface area contributed by atoms with Gasteiger partial charge >= 0.3 is 0 Å². The summed E-state index contributed by atoms with van der Waals surface area (Å²) in [6, 6.07) is 0.488. The molecular weight excluding hydrogens is 244 g/mol. The molecule has 1 N–H and O–H groups in total. The van der Waals surface area contributed by atoms with Gasteiger partial charge in [-0.2, -0.15) is 0 Å². The van der Waals surface area contributed by atoms with Crippen LogP contribution < -0.4 is 5.32 Å². The van der Waals surface area contributed by atoms with Crippen molar-refractivity contribution in [1.82, 2.24) is 10.2 Å². The fourth-order valence-electron chi connectivity index (χ4n) is 1.92. The maximum atomic E-state index is 11.9. The van der Waals surface area contributed by atoms with Crippen LogP contribution in [0.5, 0.6) is 0 Å². The van der Waals surface area contributed by atoms with Gasteiger partial charge in [-0.25, -0.2) is 0 Å². The lowest BCUT2D eigenvalue weighted by Gasteiger charge is -2.26. The van der Waals surface area contributed by atoms with E-state index < -0.39 is 0 Å². The third-order valence-electron chi connectivity index (χ3n) is 3.00. The predicted molar refractivity (Wildman–Crippen MR) is 80.0 cm³/mol. The van der Waals surface area contributed by atoms with Gasteiger partial charge < -0.3 is 10.2 Å². The summed E-state index contributed by atoms with van der Waals surface area (Å²) in [5.74, 6) is 1.77. The Labute approximate surface area is 115 Å². The van der Waals surface area contributed by atoms with Crippen LogP contribution in [0.4, 0.5) is 0 Å². The molecule has 0 aromatic heterocycles. The summed E-state index contributed by atoms with van der Waals surface area (Å²) in [7, 11) is 0. The molecule has 0 spiro atoms. The molecule has 0 radical (unpaired) electrons. The molecule has 0 aromatic carbocycles. The average molecular weight is 270 g/mol. The summed E-state index contributed by atoms with van der Waals surface area (Å²) in [5, 5.41) is 3.34. The molecule has 0 bridgehead atoms. The number of hydrogen-bond donors (Lipinski definition) is 1. The van der Waals surface area contributed by atoms with Crippen LogP contribution in [0.25, 0.3) is 0 Å². The number of piperidine rings is 1. The van der Waals surface area contributed by atoms with Gasteiger partial charge in [0.2, 0.25) is 5.91 Å². The Morgan fingerprint density at radius 3 is 2.56 bits per heavy atom. The fourth-order valence-corrected chi connectivity index (χ4v) is 2.77.